The molecule has 1 aliphatic rings. The van der Waals surface area contributed by atoms with Crippen molar-refractivity contribution in [1.29, 1.82) is 0 Å². The van der Waals surface area contributed by atoms with Gasteiger partial charge >= 0.3 is 6.09 Å². The van der Waals surface area contributed by atoms with Crippen LogP contribution in [0.15, 0.2) is 35.1 Å². The Labute approximate surface area is 216 Å². The van der Waals surface area contributed by atoms with Crippen LogP contribution < -0.4 is 10.6 Å². The van der Waals surface area contributed by atoms with Crippen molar-refractivity contribution >= 4 is 50.9 Å². The number of carbonyl (C=O) groups excluding carboxylic acids is 3. The molecular formula is C24H28BrN7O4. The van der Waals surface area contributed by atoms with E-state index in [9.17, 15) is 14.4 Å². The number of aromatic nitrogens is 4. The van der Waals surface area contributed by atoms with E-state index in [4.69, 9.17) is 4.74 Å². The van der Waals surface area contributed by atoms with E-state index >= 15 is 0 Å². The molecule has 0 saturated carbocycles. The fourth-order valence-corrected chi connectivity index (χ4v) is 4.28. The first-order valence-corrected chi connectivity index (χ1v) is 12.4. The number of carbonyl (C=O) groups is 3. The van der Waals surface area contributed by atoms with Gasteiger partial charge in [-0.3, -0.25) is 19.0 Å². The fourth-order valence-electron chi connectivity index (χ4n) is 3.96. The van der Waals surface area contributed by atoms with E-state index in [0.29, 0.717) is 29.3 Å². The van der Waals surface area contributed by atoms with E-state index in [2.05, 4.69) is 41.7 Å². The molecule has 0 bridgehead atoms. The van der Waals surface area contributed by atoms with Crippen molar-refractivity contribution in [2.24, 2.45) is 0 Å². The molecule has 0 unspecified atom stereocenters. The van der Waals surface area contributed by atoms with Crippen molar-refractivity contribution < 1.29 is 19.1 Å². The van der Waals surface area contributed by atoms with Crippen molar-refractivity contribution in [3.8, 4) is 0 Å². The number of hydrogen-bond acceptors (Lipinski definition) is 7. The number of amides is 3. The Bertz CT molecular complexity index is 1320. The summed E-state index contributed by atoms with van der Waals surface area (Å²) in [5.74, 6) is -0.598. The quantitative estimate of drug-likeness (QED) is 0.481. The largest absolute Gasteiger partial charge is 0.444 e. The van der Waals surface area contributed by atoms with Crippen LogP contribution in [0.1, 0.15) is 56.3 Å². The van der Waals surface area contributed by atoms with Gasteiger partial charge in [0.05, 0.1) is 23.3 Å². The molecule has 3 aromatic heterocycles. The minimum Gasteiger partial charge on any atom is -0.444 e. The first-order chi connectivity index (χ1) is 17.0. The van der Waals surface area contributed by atoms with Gasteiger partial charge in [-0.25, -0.2) is 4.79 Å². The molecule has 190 valence electrons. The number of nitrogens with one attached hydrogen (secondary N) is 2. The van der Waals surface area contributed by atoms with Gasteiger partial charge in [0.15, 0.2) is 5.65 Å². The van der Waals surface area contributed by atoms with E-state index in [1.165, 1.54) is 6.20 Å². The lowest BCUT2D eigenvalue weighted by Gasteiger charge is -2.28. The second-order valence-electron chi connectivity index (χ2n) is 9.63. The lowest BCUT2D eigenvalue weighted by molar-refractivity contribution is -0.117. The molecule has 3 amide bonds. The Balaban J connectivity index is 1.41. The molecule has 2 N–H and O–H groups in total. The molecule has 0 aliphatic carbocycles. The van der Waals surface area contributed by atoms with Gasteiger partial charge in [0.25, 0.3) is 5.91 Å². The maximum atomic E-state index is 12.9. The predicted molar refractivity (Wildman–Crippen MR) is 137 cm³/mol. The molecular weight excluding hydrogens is 530 g/mol. The summed E-state index contributed by atoms with van der Waals surface area (Å²) in [5.41, 5.74) is 1.36. The summed E-state index contributed by atoms with van der Waals surface area (Å²) < 4.78 is 7.87. The molecule has 1 atom stereocenters. The second-order valence-corrected chi connectivity index (χ2v) is 10.5. The molecule has 12 heteroatoms. The minimum absolute atomic E-state index is 0.120. The van der Waals surface area contributed by atoms with Crippen molar-refractivity contribution in [3.05, 3.63) is 46.6 Å². The average molecular weight is 558 g/mol. The third kappa shape index (κ3) is 5.99. The van der Waals surface area contributed by atoms with Gasteiger partial charge < -0.3 is 20.3 Å². The molecule has 0 radical (unpaired) electrons. The second kappa shape index (κ2) is 10.2. The predicted octanol–water partition coefficient (Wildman–Crippen LogP) is 4.18. The number of likely N-dealkylation sites (tertiary alicyclic amines) is 1. The lowest BCUT2D eigenvalue weighted by atomic mass is 10.1. The van der Waals surface area contributed by atoms with Crippen LogP contribution in [0.25, 0.3) is 5.65 Å². The van der Waals surface area contributed by atoms with Gasteiger partial charge in [-0.1, -0.05) is 15.9 Å². The zero-order valence-corrected chi connectivity index (χ0v) is 22.1. The number of fused-ring (bicyclic) bond motifs is 1. The standard InChI is InChI=1S/C24H28BrN7O4/c1-14-18(28-22(34)21-30-29-19-10-15(25)7-9-32(19)21)11-16(13-26-14)27-20(33)12-17-6-5-8-31(17)23(35)36-24(2,3)4/h7,9-11,13,17H,5-6,8,12H2,1-4H3,(H,27,33)(H,28,34)/t17-/m0/s1. The van der Waals surface area contributed by atoms with E-state index in [1.807, 2.05) is 20.8 Å². The number of rotatable bonds is 5. The van der Waals surface area contributed by atoms with Gasteiger partial charge in [-0.2, -0.15) is 0 Å². The first kappa shape index (κ1) is 25.5. The number of pyridine rings is 2. The minimum atomic E-state index is -0.601. The summed E-state index contributed by atoms with van der Waals surface area (Å²) in [5, 5.41) is 13.6. The van der Waals surface area contributed by atoms with Crippen LogP contribution in [0, 0.1) is 6.92 Å². The highest BCUT2D eigenvalue weighted by Gasteiger charge is 2.33. The van der Waals surface area contributed by atoms with Gasteiger partial charge in [0, 0.05) is 29.7 Å². The first-order valence-electron chi connectivity index (χ1n) is 11.6. The lowest BCUT2D eigenvalue weighted by Crippen LogP contribution is -2.41. The van der Waals surface area contributed by atoms with Crippen LogP contribution >= 0.6 is 15.9 Å². The van der Waals surface area contributed by atoms with Gasteiger partial charge in [-0.15, -0.1) is 10.2 Å². The smallest absolute Gasteiger partial charge is 0.410 e. The van der Waals surface area contributed by atoms with E-state index in [1.54, 1.807) is 40.6 Å². The van der Waals surface area contributed by atoms with E-state index < -0.39 is 17.6 Å². The normalized spacial score (nSPS) is 15.7. The number of nitrogens with zero attached hydrogens (tertiary/aromatic N) is 5. The van der Waals surface area contributed by atoms with Gasteiger partial charge in [0.1, 0.15) is 5.60 Å². The molecule has 1 saturated heterocycles. The van der Waals surface area contributed by atoms with Crippen molar-refractivity contribution in [3.63, 3.8) is 0 Å². The Morgan fingerprint density at radius 3 is 2.72 bits per heavy atom. The zero-order chi connectivity index (χ0) is 26.0. The fraction of sp³-hybridized carbons (Fsp3) is 0.417. The molecule has 11 nitrogen and oxygen atoms in total. The zero-order valence-electron chi connectivity index (χ0n) is 20.5. The van der Waals surface area contributed by atoms with Crippen molar-refractivity contribution in [2.75, 3.05) is 17.2 Å². The van der Waals surface area contributed by atoms with E-state index in [0.717, 1.165) is 17.3 Å². The van der Waals surface area contributed by atoms with Crippen LogP contribution in [0.5, 0.6) is 0 Å². The number of ether oxygens (including phenoxy) is 1. The summed E-state index contributed by atoms with van der Waals surface area (Å²) in [6.07, 6.45) is 4.48. The van der Waals surface area contributed by atoms with Crippen LogP contribution in [0.3, 0.4) is 0 Å². The Morgan fingerprint density at radius 2 is 1.97 bits per heavy atom. The number of hydrogen-bond donors (Lipinski definition) is 2. The molecule has 3 aromatic rings. The van der Waals surface area contributed by atoms with Crippen LogP contribution in [0.4, 0.5) is 16.2 Å². The molecule has 4 heterocycles. The number of aryl methyl sites for hydroxylation is 1. The number of halogens is 1. The van der Waals surface area contributed by atoms with Crippen LogP contribution in [-0.4, -0.2) is 60.6 Å². The summed E-state index contributed by atoms with van der Waals surface area (Å²) in [4.78, 5) is 44.1. The van der Waals surface area contributed by atoms with E-state index in [-0.39, 0.29) is 24.2 Å². The molecule has 36 heavy (non-hydrogen) atoms. The maximum absolute atomic E-state index is 12.9. The summed E-state index contributed by atoms with van der Waals surface area (Å²) in [6.45, 7) is 7.75. The third-order valence-corrected chi connectivity index (χ3v) is 6.11. The Morgan fingerprint density at radius 1 is 1.19 bits per heavy atom. The van der Waals surface area contributed by atoms with Crippen molar-refractivity contribution in [1.82, 2.24) is 24.5 Å². The summed E-state index contributed by atoms with van der Waals surface area (Å²) >= 11 is 3.37. The van der Waals surface area contributed by atoms with Gasteiger partial charge in [-0.05, 0) is 58.7 Å². The maximum Gasteiger partial charge on any atom is 0.410 e. The Hall–Kier alpha value is -3.54. The highest BCUT2D eigenvalue weighted by Crippen LogP contribution is 2.24. The van der Waals surface area contributed by atoms with Crippen LogP contribution in [-0.2, 0) is 9.53 Å². The molecule has 1 aliphatic heterocycles. The summed E-state index contributed by atoms with van der Waals surface area (Å²) in [7, 11) is 0. The summed E-state index contributed by atoms with van der Waals surface area (Å²) in [6, 6.07) is 4.93. The average Bonchev–Trinajstić information content (AvgIpc) is 3.41. The third-order valence-electron chi connectivity index (χ3n) is 5.62. The molecule has 0 aromatic carbocycles. The molecule has 1 fully saturated rings. The SMILES string of the molecule is Cc1ncc(NC(=O)C[C@@H]2CCCN2C(=O)OC(C)(C)C)cc1NC(=O)c1nnc2cc(Br)ccn12. The topological polar surface area (TPSA) is 131 Å². The van der Waals surface area contributed by atoms with Gasteiger partial charge in [0.2, 0.25) is 11.7 Å². The molecule has 4 rings (SSSR count). The highest BCUT2D eigenvalue weighted by molar-refractivity contribution is 9.10. The highest BCUT2D eigenvalue weighted by atomic mass is 79.9. The Kier molecular flexibility index (Phi) is 7.25. The van der Waals surface area contributed by atoms with Crippen LogP contribution in [0.2, 0.25) is 0 Å². The monoisotopic (exact) mass is 557 g/mol. The van der Waals surface area contributed by atoms with Crippen molar-refractivity contribution in [2.45, 2.75) is 58.6 Å². The molecule has 0 spiro atoms. The number of anilines is 2.